The maximum absolute atomic E-state index is 12.5. The van der Waals surface area contributed by atoms with E-state index in [-0.39, 0.29) is 24.9 Å². The van der Waals surface area contributed by atoms with Gasteiger partial charge in [-0.15, -0.1) is 0 Å². The molecule has 0 aliphatic carbocycles. The largest absolute Gasteiger partial charge is 0.493 e. The fourth-order valence-electron chi connectivity index (χ4n) is 2.77. The highest BCUT2D eigenvalue weighted by atomic mass is 16.5. The van der Waals surface area contributed by atoms with Gasteiger partial charge in [-0.3, -0.25) is 4.79 Å². The fourth-order valence-corrected chi connectivity index (χ4v) is 2.77. The van der Waals surface area contributed by atoms with Gasteiger partial charge in [0.1, 0.15) is 5.75 Å². The summed E-state index contributed by atoms with van der Waals surface area (Å²) in [6, 6.07) is 7.54. The Labute approximate surface area is 111 Å². The van der Waals surface area contributed by atoms with Crippen LogP contribution in [0.5, 0.6) is 5.75 Å². The van der Waals surface area contributed by atoms with Crippen LogP contribution in [0, 0.1) is 0 Å². The van der Waals surface area contributed by atoms with Gasteiger partial charge in [0.05, 0.1) is 24.7 Å². The molecule has 19 heavy (non-hydrogen) atoms. The van der Waals surface area contributed by atoms with Crippen LogP contribution < -0.4 is 4.74 Å². The predicted molar refractivity (Wildman–Crippen MR) is 67.9 cm³/mol. The lowest BCUT2D eigenvalue weighted by Gasteiger charge is -2.28. The van der Waals surface area contributed by atoms with E-state index < -0.39 is 12.2 Å². The second-order valence-electron chi connectivity index (χ2n) is 5.11. The second-order valence-corrected chi connectivity index (χ2v) is 5.11. The molecular weight excluding hydrogens is 246 g/mol. The third-order valence-corrected chi connectivity index (χ3v) is 3.83. The molecule has 0 radical (unpaired) electrons. The van der Waals surface area contributed by atoms with Gasteiger partial charge in [0.15, 0.2) is 0 Å². The molecule has 1 saturated heterocycles. The lowest BCUT2D eigenvalue weighted by atomic mass is 9.92. The number of aliphatic hydroxyl groups excluding tert-OH is 2. The Balaban J connectivity index is 1.82. The van der Waals surface area contributed by atoms with Crippen molar-refractivity contribution in [3.8, 4) is 5.75 Å². The summed E-state index contributed by atoms with van der Waals surface area (Å²) in [5.74, 6) is 0.487. The van der Waals surface area contributed by atoms with E-state index in [4.69, 9.17) is 4.74 Å². The highest BCUT2D eigenvalue weighted by Gasteiger charge is 2.37. The maximum atomic E-state index is 12.5. The number of hydrogen-bond acceptors (Lipinski definition) is 4. The summed E-state index contributed by atoms with van der Waals surface area (Å²) in [4.78, 5) is 14.0. The van der Waals surface area contributed by atoms with Crippen LogP contribution in [-0.4, -0.2) is 52.9 Å². The summed E-state index contributed by atoms with van der Waals surface area (Å²) in [6.45, 7) is 0.936. The molecule has 3 atom stereocenters. The van der Waals surface area contributed by atoms with Crippen molar-refractivity contribution in [2.75, 3.05) is 19.7 Å². The molecule has 2 N–H and O–H groups in total. The molecular formula is C14H17NO4. The van der Waals surface area contributed by atoms with Gasteiger partial charge in [-0.2, -0.15) is 0 Å². The molecule has 1 amide bonds. The first-order valence-corrected chi connectivity index (χ1v) is 6.53. The Morgan fingerprint density at radius 2 is 1.89 bits per heavy atom. The number of ether oxygens (including phenoxy) is 1. The Hall–Kier alpha value is -1.59. The standard InChI is InChI=1S/C14H17NO4/c16-11-7-15(8-12(11)17)14(18)10-5-6-19-13-4-2-1-3-9(10)13/h1-4,10-12,16-17H,5-8H2/t10?,11-,12+. The Bertz CT molecular complexity index is 480. The van der Waals surface area contributed by atoms with Gasteiger partial charge in [0.2, 0.25) is 5.91 Å². The van der Waals surface area contributed by atoms with Gasteiger partial charge in [0, 0.05) is 18.7 Å². The monoisotopic (exact) mass is 263 g/mol. The molecule has 2 aliphatic rings. The zero-order chi connectivity index (χ0) is 13.4. The van der Waals surface area contributed by atoms with Gasteiger partial charge >= 0.3 is 0 Å². The van der Waals surface area contributed by atoms with Crippen molar-refractivity contribution in [2.24, 2.45) is 0 Å². The second kappa shape index (κ2) is 4.83. The predicted octanol–water partition coefficient (Wildman–Crippen LogP) is 0.117. The number of para-hydroxylation sites is 1. The van der Waals surface area contributed by atoms with Gasteiger partial charge < -0.3 is 19.8 Å². The first-order chi connectivity index (χ1) is 9.16. The molecule has 1 aromatic rings. The van der Waals surface area contributed by atoms with Gasteiger partial charge in [-0.05, 0) is 12.5 Å². The van der Waals surface area contributed by atoms with Crippen LogP contribution >= 0.6 is 0 Å². The van der Waals surface area contributed by atoms with Crippen molar-refractivity contribution in [1.29, 1.82) is 0 Å². The summed E-state index contributed by atoms with van der Waals surface area (Å²) >= 11 is 0. The Kier molecular flexibility index (Phi) is 3.16. The Morgan fingerprint density at radius 3 is 2.63 bits per heavy atom. The average Bonchev–Trinajstić information content (AvgIpc) is 2.77. The van der Waals surface area contributed by atoms with Gasteiger partial charge in [-0.1, -0.05) is 18.2 Å². The minimum absolute atomic E-state index is 0.0358. The Morgan fingerprint density at radius 1 is 1.21 bits per heavy atom. The SMILES string of the molecule is O=C(C1CCOc2ccccc21)N1C[C@@H](O)[C@@H](O)C1. The number of carbonyl (C=O) groups is 1. The van der Waals surface area contributed by atoms with Crippen molar-refractivity contribution >= 4 is 5.91 Å². The number of likely N-dealkylation sites (tertiary alicyclic amines) is 1. The molecule has 2 aliphatic heterocycles. The van der Waals surface area contributed by atoms with Crippen molar-refractivity contribution in [3.05, 3.63) is 29.8 Å². The highest BCUT2D eigenvalue weighted by molar-refractivity contribution is 5.85. The topological polar surface area (TPSA) is 70.0 Å². The van der Waals surface area contributed by atoms with Crippen LogP contribution in [0.25, 0.3) is 0 Å². The first-order valence-electron chi connectivity index (χ1n) is 6.53. The minimum Gasteiger partial charge on any atom is -0.493 e. The summed E-state index contributed by atoms with van der Waals surface area (Å²) in [5, 5.41) is 19.1. The van der Waals surface area contributed by atoms with Gasteiger partial charge in [-0.25, -0.2) is 0 Å². The van der Waals surface area contributed by atoms with E-state index in [2.05, 4.69) is 0 Å². The normalized spacial score (nSPS) is 29.8. The van der Waals surface area contributed by atoms with Crippen molar-refractivity contribution in [3.63, 3.8) is 0 Å². The third kappa shape index (κ3) is 2.19. The molecule has 1 aromatic carbocycles. The van der Waals surface area contributed by atoms with Crippen molar-refractivity contribution in [2.45, 2.75) is 24.5 Å². The van der Waals surface area contributed by atoms with E-state index in [1.54, 1.807) is 4.90 Å². The van der Waals surface area contributed by atoms with Crippen LogP contribution in [0.15, 0.2) is 24.3 Å². The number of β-amino-alcohol motifs (C(OH)–C–C–N with tert-alkyl or cyclic N) is 2. The lowest BCUT2D eigenvalue weighted by Crippen LogP contribution is -2.36. The number of rotatable bonds is 1. The average molecular weight is 263 g/mol. The molecule has 0 saturated carbocycles. The van der Waals surface area contributed by atoms with Gasteiger partial charge in [0.25, 0.3) is 0 Å². The molecule has 3 rings (SSSR count). The zero-order valence-corrected chi connectivity index (χ0v) is 10.5. The number of carbonyl (C=O) groups excluding carboxylic acids is 1. The number of amides is 1. The van der Waals surface area contributed by atoms with Crippen LogP contribution in [0.3, 0.4) is 0 Å². The van der Waals surface area contributed by atoms with Crippen LogP contribution in [-0.2, 0) is 4.79 Å². The summed E-state index contributed by atoms with van der Waals surface area (Å²) in [6.07, 6.45) is -1.03. The summed E-state index contributed by atoms with van der Waals surface area (Å²) < 4.78 is 5.54. The zero-order valence-electron chi connectivity index (χ0n) is 10.5. The molecule has 5 nitrogen and oxygen atoms in total. The highest BCUT2D eigenvalue weighted by Crippen LogP contribution is 2.35. The molecule has 0 aromatic heterocycles. The maximum Gasteiger partial charge on any atom is 0.230 e. The molecule has 102 valence electrons. The van der Waals surface area contributed by atoms with E-state index in [0.717, 1.165) is 11.3 Å². The molecule has 0 bridgehead atoms. The van der Waals surface area contributed by atoms with E-state index in [0.29, 0.717) is 13.0 Å². The summed E-state index contributed by atoms with van der Waals surface area (Å²) in [5.41, 5.74) is 0.898. The smallest absolute Gasteiger partial charge is 0.230 e. The molecule has 1 fully saturated rings. The minimum atomic E-state index is -0.834. The number of fused-ring (bicyclic) bond motifs is 1. The quantitative estimate of drug-likeness (QED) is 0.755. The lowest BCUT2D eigenvalue weighted by molar-refractivity contribution is -0.133. The van der Waals surface area contributed by atoms with E-state index >= 15 is 0 Å². The summed E-state index contributed by atoms with van der Waals surface area (Å²) in [7, 11) is 0. The molecule has 5 heteroatoms. The van der Waals surface area contributed by atoms with Crippen molar-refractivity contribution in [1.82, 2.24) is 4.90 Å². The number of nitrogens with zero attached hydrogens (tertiary/aromatic N) is 1. The van der Waals surface area contributed by atoms with Crippen LogP contribution in [0.4, 0.5) is 0 Å². The van der Waals surface area contributed by atoms with Crippen LogP contribution in [0.1, 0.15) is 17.9 Å². The van der Waals surface area contributed by atoms with E-state index in [1.807, 2.05) is 24.3 Å². The fraction of sp³-hybridized carbons (Fsp3) is 0.500. The van der Waals surface area contributed by atoms with Crippen LogP contribution in [0.2, 0.25) is 0 Å². The van der Waals surface area contributed by atoms with E-state index in [9.17, 15) is 15.0 Å². The molecule has 1 unspecified atom stereocenters. The number of aliphatic hydroxyl groups is 2. The van der Waals surface area contributed by atoms with E-state index in [1.165, 1.54) is 0 Å². The molecule has 0 spiro atoms. The molecule has 2 heterocycles. The number of hydrogen-bond donors (Lipinski definition) is 2. The third-order valence-electron chi connectivity index (χ3n) is 3.83. The number of benzene rings is 1. The first kappa shape index (κ1) is 12.4. The van der Waals surface area contributed by atoms with Crippen molar-refractivity contribution < 1.29 is 19.7 Å².